The number of nitrogens with zero attached hydrogens (tertiary/aromatic N) is 2. The average Bonchev–Trinajstić information content (AvgIpc) is 3.58. The fourth-order valence-electron chi connectivity index (χ4n) is 6.71. The van der Waals surface area contributed by atoms with Crippen molar-refractivity contribution in [3.05, 3.63) is 182 Å². The van der Waals surface area contributed by atoms with E-state index in [4.69, 9.17) is 14.4 Å². The van der Waals surface area contributed by atoms with E-state index >= 15 is 0 Å². The van der Waals surface area contributed by atoms with Crippen LogP contribution in [-0.4, -0.2) is 9.97 Å². The van der Waals surface area contributed by atoms with Crippen molar-refractivity contribution in [1.29, 1.82) is 0 Å². The summed E-state index contributed by atoms with van der Waals surface area (Å²) in [5.74, 6) is 0.690. The van der Waals surface area contributed by atoms with E-state index in [1.165, 1.54) is 16.7 Å². The maximum atomic E-state index is 6.26. The Kier molecular flexibility index (Phi) is 7.14. The number of benzene rings is 7. The van der Waals surface area contributed by atoms with E-state index in [1.807, 2.05) is 42.5 Å². The predicted octanol–water partition coefficient (Wildman–Crippen LogP) is 12.4. The standard InChI is InChI=1S/C46H30N2O/c1-3-12-31(13-4-1)32-22-24-33(25-23-32)34-26-28-35(29-27-34)41-30-42(48-46(47-41)36-14-5-2-6-15-36)38-17-8-7-16-37(38)39-19-11-21-44-45(39)40-18-9-10-20-43(40)49-44/h1-30H. The highest BCUT2D eigenvalue weighted by atomic mass is 16.3. The quantitative estimate of drug-likeness (QED) is 0.184. The lowest BCUT2D eigenvalue weighted by Gasteiger charge is -2.14. The fourth-order valence-corrected chi connectivity index (χ4v) is 6.71. The number of hydrogen-bond donors (Lipinski definition) is 0. The van der Waals surface area contributed by atoms with E-state index in [0.29, 0.717) is 5.82 Å². The molecule has 0 bridgehead atoms. The second-order valence-corrected chi connectivity index (χ2v) is 12.2. The molecule has 0 radical (unpaired) electrons. The van der Waals surface area contributed by atoms with Crippen molar-refractivity contribution in [2.45, 2.75) is 0 Å². The molecule has 0 saturated carbocycles. The maximum Gasteiger partial charge on any atom is 0.160 e. The van der Waals surface area contributed by atoms with Gasteiger partial charge in [0.05, 0.1) is 11.4 Å². The molecule has 2 aromatic heterocycles. The molecule has 0 atom stereocenters. The first-order valence-electron chi connectivity index (χ1n) is 16.5. The summed E-state index contributed by atoms with van der Waals surface area (Å²) in [6.07, 6.45) is 0. The Morgan fingerprint density at radius 1 is 0.327 bits per heavy atom. The number of fused-ring (bicyclic) bond motifs is 3. The molecule has 0 aliphatic heterocycles. The summed E-state index contributed by atoms with van der Waals surface area (Å²) in [6.45, 7) is 0. The maximum absolute atomic E-state index is 6.26. The zero-order chi connectivity index (χ0) is 32.6. The summed E-state index contributed by atoms with van der Waals surface area (Å²) in [5.41, 5.74) is 13.5. The van der Waals surface area contributed by atoms with Gasteiger partial charge in [-0.05, 0) is 51.6 Å². The summed E-state index contributed by atoms with van der Waals surface area (Å²) in [4.78, 5) is 10.3. The van der Waals surface area contributed by atoms with E-state index in [2.05, 4.69) is 140 Å². The molecule has 0 unspecified atom stereocenters. The molecule has 0 saturated heterocycles. The van der Waals surface area contributed by atoms with Gasteiger partial charge in [-0.25, -0.2) is 9.97 Å². The lowest BCUT2D eigenvalue weighted by Crippen LogP contribution is -1.97. The van der Waals surface area contributed by atoms with Gasteiger partial charge in [0.25, 0.3) is 0 Å². The number of furan rings is 1. The van der Waals surface area contributed by atoms with Crippen LogP contribution in [0.25, 0.3) is 89.2 Å². The van der Waals surface area contributed by atoms with Crippen molar-refractivity contribution >= 4 is 21.9 Å². The van der Waals surface area contributed by atoms with Gasteiger partial charge in [-0.2, -0.15) is 0 Å². The third kappa shape index (κ3) is 5.38. The van der Waals surface area contributed by atoms with Crippen LogP contribution < -0.4 is 0 Å². The average molecular weight is 627 g/mol. The second kappa shape index (κ2) is 12.2. The summed E-state index contributed by atoms with van der Waals surface area (Å²) in [7, 11) is 0. The van der Waals surface area contributed by atoms with Crippen molar-refractivity contribution in [2.24, 2.45) is 0 Å². The minimum Gasteiger partial charge on any atom is -0.456 e. The molecule has 9 rings (SSSR count). The third-order valence-electron chi connectivity index (χ3n) is 9.16. The van der Waals surface area contributed by atoms with Crippen LogP contribution in [0.5, 0.6) is 0 Å². The van der Waals surface area contributed by atoms with Gasteiger partial charge in [0.1, 0.15) is 11.2 Å². The van der Waals surface area contributed by atoms with Gasteiger partial charge in [0, 0.05) is 27.5 Å². The van der Waals surface area contributed by atoms with Crippen molar-refractivity contribution in [2.75, 3.05) is 0 Å². The van der Waals surface area contributed by atoms with Gasteiger partial charge < -0.3 is 4.42 Å². The molecule has 0 fully saturated rings. The van der Waals surface area contributed by atoms with Gasteiger partial charge in [-0.15, -0.1) is 0 Å². The van der Waals surface area contributed by atoms with Crippen LogP contribution in [0.2, 0.25) is 0 Å². The topological polar surface area (TPSA) is 38.9 Å². The lowest BCUT2D eigenvalue weighted by atomic mass is 9.93. The predicted molar refractivity (Wildman–Crippen MR) is 202 cm³/mol. The fraction of sp³-hybridized carbons (Fsp3) is 0. The number of para-hydroxylation sites is 1. The molecule has 3 nitrogen and oxygen atoms in total. The minimum atomic E-state index is 0.690. The van der Waals surface area contributed by atoms with Crippen LogP contribution in [0.4, 0.5) is 0 Å². The van der Waals surface area contributed by atoms with Crippen molar-refractivity contribution in [1.82, 2.24) is 9.97 Å². The Hall–Kier alpha value is -6.58. The number of aromatic nitrogens is 2. The highest BCUT2D eigenvalue weighted by molar-refractivity contribution is 6.13. The molecule has 0 N–H and O–H groups in total. The molecule has 230 valence electrons. The molecule has 0 aliphatic carbocycles. The Balaban J connectivity index is 1.15. The largest absolute Gasteiger partial charge is 0.456 e. The summed E-state index contributed by atoms with van der Waals surface area (Å²) in [6, 6.07) is 63.2. The van der Waals surface area contributed by atoms with E-state index < -0.39 is 0 Å². The van der Waals surface area contributed by atoms with Gasteiger partial charge in [0.2, 0.25) is 0 Å². The molecule has 0 spiro atoms. The molecule has 0 aliphatic rings. The van der Waals surface area contributed by atoms with Crippen LogP contribution in [0.3, 0.4) is 0 Å². The normalized spacial score (nSPS) is 11.3. The Morgan fingerprint density at radius 2 is 0.816 bits per heavy atom. The Labute approximate surface area is 284 Å². The van der Waals surface area contributed by atoms with Crippen molar-refractivity contribution < 1.29 is 4.42 Å². The highest BCUT2D eigenvalue weighted by Gasteiger charge is 2.18. The SMILES string of the molecule is c1ccc(-c2ccc(-c3ccc(-c4cc(-c5ccccc5-c5cccc6oc7ccccc7c56)nc(-c5ccccc5)n4)cc3)cc2)cc1. The van der Waals surface area contributed by atoms with E-state index in [0.717, 1.165) is 66.7 Å². The molecular formula is C46H30N2O. The van der Waals surface area contributed by atoms with E-state index in [9.17, 15) is 0 Å². The van der Waals surface area contributed by atoms with Crippen LogP contribution in [0.15, 0.2) is 186 Å². The first-order valence-corrected chi connectivity index (χ1v) is 16.5. The summed E-state index contributed by atoms with van der Waals surface area (Å²) < 4.78 is 6.26. The zero-order valence-electron chi connectivity index (χ0n) is 26.6. The molecule has 7 aromatic carbocycles. The monoisotopic (exact) mass is 626 g/mol. The van der Waals surface area contributed by atoms with Gasteiger partial charge in [-0.1, -0.05) is 164 Å². The molecule has 49 heavy (non-hydrogen) atoms. The van der Waals surface area contributed by atoms with Crippen LogP contribution in [0, 0.1) is 0 Å². The lowest BCUT2D eigenvalue weighted by molar-refractivity contribution is 0.669. The molecule has 3 heteroatoms. The van der Waals surface area contributed by atoms with Crippen molar-refractivity contribution in [3.63, 3.8) is 0 Å². The summed E-state index contributed by atoms with van der Waals surface area (Å²) >= 11 is 0. The summed E-state index contributed by atoms with van der Waals surface area (Å²) in [5, 5.41) is 2.21. The second-order valence-electron chi connectivity index (χ2n) is 12.2. The Bertz CT molecular complexity index is 2570. The number of hydrogen-bond acceptors (Lipinski definition) is 3. The first kappa shape index (κ1) is 28.6. The number of rotatable bonds is 6. The van der Waals surface area contributed by atoms with Crippen LogP contribution >= 0.6 is 0 Å². The van der Waals surface area contributed by atoms with Gasteiger partial charge >= 0.3 is 0 Å². The van der Waals surface area contributed by atoms with Crippen molar-refractivity contribution in [3.8, 4) is 67.3 Å². The third-order valence-corrected chi connectivity index (χ3v) is 9.16. The minimum absolute atomic E-state index is 0.690. The zero-order valence-corrected chi connectivity index (χ0v) is 26.6. The van der Waals surface area contributed by atoms with Crippen LogP contribution in [-0.2, 0) is 0 Å². The Morgan fingerprint density at radius 3 is 1.51 bits per heavy atom. The van der Waals surface area contributed by atoms with E-state index in [-0.39, 0.29) is 0 Å². The highest BCUT2D eigenvalue weighted by Crippen LogP contribution is 2.41. The van der Waals surface area contributed by atoms with Gasteiger partial charge in [0.15, 0.2) is 5.82 Å². The molecule has 2 heterocycles. The van der Waals surface area contributed by atoms with E-state index in [1.54, 1.807) is 0 Å². The smallest absolute Gasteiger partial charge is 0.160 e. The molecule has 9 aromatic rings. The van der Waals surface area contributed by atoms with Crippen LogP contribution in [0.1, 0.15) is 0 Å². The first-order chi connectivity index (χ1) is 24.3. The molecular weight excluding hydrogens is 597 g/mol. The van der Waals surface area contributed by atoms with Gasteiger partial charge in [-0.3, -0.25) is 0 Å². The molecule has 0 amide bonds.